The summed E-state index contributed by atoms with van der Waals surface area (Å²) < 4.78 is 61.2. The van der Waals surface area contributed by atoms with Gasteiger partial charge in [-0.2, -0.15) is 18.2 Å². The number of anilines is 1. The van der Waals surface area contributed by atoms with Crippen LogP contribution in [0.15, 0.2) is 24.5 Å². The zero-order chi connectivity index (χ0) is 20.6. The minimum atomic E-state index is -4.72. The summed E-state index contributed by atoms with van der Waals surface area (Å²) in [5.74, 6) is -1.57. The molecule has 7 nitrogen and oxygen atoms in total. The third kappa shape index (κ3) is 3.82. The molecule has 154 valence electrons. The van der Waals surface area contributed by atoms with Crippen LogP contribution in [-0.4, -0.2) is 45.6 Å². The van der Waals surface area contributed by atoms with Crippen molar-refractivity contribution < 1.29 is 22.3 Å². The first-order valence-electron chi connectivity index (χ1n) is 9.00. The number of pyridine rings is 1. The second kappa shape index (κ2) is 7.47. The number of nitrogens with one attached hydrogen (secondary N) is 2. The number of hydrogen-bond acceptors (Lipinski definition) is 6. The molecule has 0 bridgehead atoms. The SMILES string of the molecule is COc1nc(-c2cnc3ccc(F)cn23)nc(NC2CCCNC2)c1C(F)(F)F. The van der Waals surface area contributed by atoms with E-state index in [-0.39, 0.29) is 23.4 Å². The Balaban J connectivity index is 1.86. The minimum absolute atomic E-state index is 0.0563. The van der Waals surface area contributed by atoms with Crippen LogP contribution in [0.5, 0.6) is 5.88 Å². The molecule has 11 heteroatoms. The largest absolute Gasteiger partial charge is 0.480 e. The maximum Gasteiger partial charge on any atom is 0.425 e. The molecule has 2 N–H and O–H groups in total. The van der Waals surface area contributed by atoms with Gasteiger partial charge in [0.15, 0.2) is 11.4 Å². The molecule has 1 aliphatic heterocycles. The lowest BCUT2D eigenvalue weighted by Crippen LogP contribution is -2.39. The molecule has 1 aliphatic rings. The van der Waals surface area contributed by atoms with E-state index in [2.05, 4.69) is 25.6 Å². The molecule has 4 rings (SSSR count). The van der Waals surface area contributed by atoms with Crippen LogP contribution in [0.3, 0.4) is 0 Å². The van der Waals surface area contributed by atoms with E-state index in [1.807, 2.05) is 0 Å². The van der Waals surface area contributed by atoms with Gasteiger partial charge in [0.2, 0.25) is 5.88 Å². The van der Waals surface area contributed by atoms with Gasteiger partial charge in [-0.05, 0) is 31.5 Å². The molecule has 1 unspecified atom stereocenters. The second-order valence-corrected chi connectivity index (χ2v) is 6.68. The van der Waals surface area contributed by atoms with Crippen molar-refractivity contribution in [2.45, 2.75) is 25.1 Å². The first-order valence-corrected chi connectivity index (χ1v) is 9.00. The number of halogens is 4. The lowest BCUT2D eigenvalue weighted by atomic mass is 10.1. The summed E-state index contributed by atoms with van der Waals surface area (Å²) in [6.45, 7) is 1.33. The highest BCUT2D eigenvalue weighted by Crippen LogP contribution is 2.41. The third-order valence-corrected chi connectivity index (χ3v) is 4.69. The Morgan fingerprint density at radius 2 is 2.10 bits per heavy atom. The van der Waals surface area contributed by atoms with Crippen LogP contribution in [-0.2, 0) is 6.18 Å². The van der Waals surface area contributed by atoms with Gasteiger partial charge in [0.05, 0.1) is 13.3 Å². The van der Waals surface area contributed by atoms with Crippen LogP contribution in [0.4, 0.5) is 23.4 Å². The van der Waals surface area contributed by atoms with Gasteiger partial charge < -0.3 is 15.4 Å². The van der Waals surface area contributed by atoms with Crippen molar-refractivity contribution in [1.82, 2.24) is 24.7 Å². The maximum absolute atomic E-state index is 13.7. The standard InChI is InChI=1S/C18H18F4N6O/c1-29-17-14(18(20,21)22)16(25-11-3-2-6-23-7-11)26-15(27-17)12-8-24-13-5-4-10(19)9-28(12)13/h4-5,8-9,11,23H,2-3,6-7H2,1H3,(H,25,26,27). The Bertz CT molecular complexity index is 1030. The van der Waals surface area contributed by atoms with Gasteiger partial charge in [-0.15, -0.1) is 0 Å². The Morgan fingerprint density at radius 3 is 2.79 bits per heavy atom. The summed E-state index contributed by atoms with van der Waals surface area (Å²) in [6.07, 6.45) is -0.640. The average Bonchev–Trinajstić information content (AvgIpc) is 3.10. The molecule has 29 heavy (non-hydrogen) atoms. The Labute approximate surface area is 163 Å². The topological polar surface area (TPSA) is 76.4 Å². The average molecular weight is 410 g/mol. The van der Waals surface area contributed by atoms with E-state index >= 15 is 0 Å². The molecular formula is C18H18F4N6O. The summed E-state index contributed by atoms with van der Waals surface area (Å²) in [7, 11) is 1.11. The molecule has 0 saturated carbocycles. The van der Waals surface area contributed by atoms with Gasteiger partial charge in [0.25, 0.3) is 0 Å². The predicted molar refractivity (Wildman–Crippen MR) is 97.2 cm³/mol. The van der Waals surface area contributed by atoms with E-state index in [4.69, 9.17) is 4.74 Å². The number of nitrogens with zero attached hydrogens (tertiary/aromatic N) is 4. The number of alkyl halides is 3. The van der Waals surface area contributed by atoms with E-state index in [0.717, 1.165) is 20.1 Å². The maximum atomic E-state index is 13.7. The second-order valence-electron chi connectivity index (χ2n) is 6.68. The molecule has 3 aromatic heterocycles. The van der Waals surface area contributed by atoms with Gasteiger partial charge in [0, 0.05) is 18.8 Å². The number of methoxy groups -OCH3 is 1. The number of imidazole rings is 1. The number of piperidine rings is 1. The van der Waals surface area contributed by atoms with Gasteiger partial charge in [-0.3, -0.25) is 4.40 Å². The predicted octanol–water partition coefficient (Wildman–Crippen LogP) is 3.12. The first kappa shape index (κ1) is 19.4. The molecule has 0 aliphatic carbocycles. The normalized spacial score (nSPS) is 17.5. The highest BCUT2D eigenvalue weighted by atomic mass is 19.4. The smallest absolute Gasteiger partial charge is 0.425 e. The van der Waals surface area contributed by atoms with Crippen molar-refractivity contribution in [3.63, 3.8) is 0 Å². The molecule has 0 spiro atoms. The van der Waals surface area contributed by atoms with E-state index < -0.39 is 23.4 Å². The molecule has 4 heterocycles. The fourth-order valence-corrected chi connectivity index (χ4v) is 3.35. The van der Waals surface area contributed by atoms with Gasteiger partial charge in [-0.25, -0.2) is 14.4 Å². The summed E-state index contributed by atoms with van der Waals surface area (Å²) in [5.41, 5.74) is -0.416. The monoisotopic (exact) mass is 410 g/mol. The highest BCUT2D eigenvalue weighted by Gasteiger charge is 2.40. The van der Waals surface area contributed by atoms with Crippen molar-refractivity contribution in [3.05, 3.63) is 35.9 Å². The number of aromatic nitrogens is 4. The zero-order valence-corrected chi connectivity index (χ0v) is 15.4. The summed E-state index contributed by atoms with van der Waals surface area (Å²) in [5, 5.41) is 6.02. The molecule has 1 fully saturated rings. The molecule has 0 aromatic carbocycles. The van der Waals surface area contributed by atoms with Crippen molar-refractivity contribution in [2.75, 3.05) is 25.5 Å². The van der Waals surface area contributed by atoms with Gasteiger partial charge >= 0.3 is 6.18 Å². The number of rotatable bonds is 4. The van der Waals surface area contributed by atoms with Gasteiger partial charge in [-0.1, -0.05) is 0 Å². The van der Waals surface area contributed by atoms with E-state index in [9.17, 15) is 17.6 Å². The molecule has 1 atom stereocenters. The van der Waals surface area contributed by atoms with Crippen molar-refractivity contribution in [2.24, 2.45) is 0 Å². The van der Waals surface area contributed by atoms with Crippen molar-refractivity contribution >= 4 is 11.5 Å². The fraction of sp³-hybridized carbons (Fsp3) is 0.389. The van der Waals surface area contributed by atoms with Gasteiger partial charge in [0.1, 0.15) is 23.0 Å². The van der Waals surface area contributed by atoms with Crippen LogP contribution in [0.25, 0.3) is 17.2 Å². The quantitative estimate of drug-likeness (QED) is 0.644. The molecule has 0 amide bonds. The summed E-state index contributed by atoms with van der Waals surface area (Å²) in [6, 6.07) is 2.47. The third-order valence-electron chi connectivity index (χ3n) is 4.69. The zero-order valence-electron chi connectivity index (χ0n) is 15.4. The lowest BCUT2D eigenvalue weighted by Gasteiger charge is -2.26. The number of ether oxygens (including phenoxy) is 1. The number of hydrogen-bond donors (Lipinski definition) is 2. The Morgan fingerprint density at radius 1 is 1.28 bits per heavy atom. The van der Waals surface area contributed by atoms with Crippen LogP contribution in [0.2, 0.25) is 0 Å². The molecule has 1 saturated heterocycles. The summed E-state index contributed by atoms with van der Waals surface area (Å²) >= 11 is 0. The van der Waals surface area contributed by atoms with E-state index in [0.29, 0.717) is 18.6 Å². The van der Waals surface area contributed by atoms with Crippen LogP contribution >= 0.6 is 0 Å². The van der Waals surface area contributed by atoms with E-state index in [1.54, 1.807) is 0 Å². The van der Waals surface area contributed by atoms with Crippen molar-refractivity contribution in [3.8, 4) is 17.4 Å². The highest BCUT2D eigenvalue weighted by molar-refractivity contribution is 5.62. The minimum Gasteiger partial charge on any atom is -0.480 e. The van der Waals surface area contributed by atoms with Crippen LogP contribution < -0.4 is 15.4 Å². The first-order chi connectivity index (χ1) is 13.9. The Hall–Kier alpha value is -2.95. The molecule has 3 aromatic rings. The molecular weight excluding hydrogens is 392 g/mol. The van der Waals surface area contributed by atoms with Crippen LogP contribution in [0, 0.1) is 5.82 Å². The fourth-order valence-electron chi connectivity index (χ4n) is 3.35. The molecule has 0 radical (unpaired) electrons. The Kier molecular flexibility index (Phi) is 4.99. The van der Waals surface area contributed by atoms with E-state index in [1.165, 1.54) is 28.9 Å². The van der Waals surface area contributed by atoms with Crippen LogP contribution in [0.1, 0.15) is 18.4 Å². The summed E-state index contributed by atoms with van der Waals surface area (Å²) in [4.78, 5) is 12.2. The lowest BCUT2D eigenvalue weighted by molar-refractivity contribution is -0.138. The number of fused-ring (bicyclic) bond motifs is 1. The van der Waals surface area contributed by atoms with Crippen molar-refractivity contribution in [1.29, 1.82) is 0 Å².